The molecule has 0 atom stereocenters. The summed E-state index contributed by atoms with van der Waals surface area (Å²) in [5.41, 5.74) is 0.836. The average Bonchev–Trinajstić information content (AvgIpc) is 2.20. The molecule has 0 aliphatic heterocycles. The van der Waals surface area contributed by atoms with E-state index < -0.39 is 0 Å². The third kappa shape index (κ3) is 2.69. The van der Waals surface area contributed by atoms with Crippen LogP contribution in [0.2, 0.25) is 0 Å². The van der Waals surface area contributed by atoms with Gasteiger partial charge in [0.25, 0.3) is 0 Å². The Morgan fingerprint density at radius 1 is 1.56 bits per heavy atom. The highest BCUT2D eigenvalue weighted by atomic mass is 15.6. The minimum Gasteiger partial charge on any atom is -0.322 e. The van der Waals surface area contributed by atoms with Gasteiger partial charge in [-0.2, -0.15) is 4.79 Å². The van der Waals surface area contributed by atoms with Crippen molar-refractivity contribution < 1.29 is 0 Å². The van der Waals surface area contributed by atoms with Crippen molar-refractivity contribution in [2.24, 2.45) is 0 Å². The third-order valence-electron chi connectivity index (χ3n) is 0.625. The van der Waals surface area contributed by atoms with E-state index in [-0.39, 0.29) is 0 Å². The van der Waals surface area contributed by atoms with Gasteiger partial charge >= 0.3 is 0 Å². The lowest BCUT2D eigenvalue weighted by Crippen LogP contribution is -2.07. The fourth-order valence-electron chi connectivity index (χ4n) is 0.365. The fourth-order valence-corrected chi connectivity index (χ4v) is 0.365. The van der Waals surface area contributed by atoms with Crippen LogP contribution in [-0.2, 0) is 0 Å². The van der Waals surface area contributed by atoms with Crippen LogP contribution in [0, 0.1) is 6.92 Å². The number of aromatic nitrogens is 3. The van der Waals surface area contributed by atoms with Crippen LogP contribution in [0.1, 0.15) is 19.5 Å². The van der Waals surface area contributed by atoms with E-state index in [2.05, 4.69) is 10.3 Å². The highest BCUT2D eigenvalue weighted by Crippen LogP contribution is 1.80. The number of nitrogen functional groups attached to an aromatic ring is 1. The summed E-state index contributed by atoms with van der Waals surface area (Å²) in [4.78, 5) is 1.18. The average molecular weight is 128 g/mol. The molecule has 0 amide bonds. The molecule has 0 spiro atoms. The van der Waals surface area contributed by atoms with Crippen molar-refractivity contribution in [1.29, 1.82) is 0 Å². The van der Waals surface area contributed by atoms with Crippen LogP contribution in [0.5, 0.6) is 0 Å². The first kappa shape index (κ1) is 7.94. The van der Waals surface area contributed by atoms with Gasteiger partial charge in [0.05, 0.1) is 11.9 Å². The van der Waals surface area contributed by atoms with E-state index in [1.807, 2.05) is 20.8 Å². The lowest BCUT2D eigenvalue weighted by molar-refractivity contribution is 0.764. The highest BCUT2D eigenvalue weighted by molar-refractivity contribution is 4.85. The fraction of sp³-hybridized carbons (Fsp3) is 0.600. The Balaban J connectivity index is 0.000000291. The van der Waals surface area contributed by atoms with E-state index in [9.17, 15) is 0 Å². The molecule has 0 radical (unpaired) electrons. The predicted molar refractivity (Wildman–Crippen MR) is 36.3 cm³/mol. The van der Waals surface area contributed by atoms with Gasteiger partial charge in [0.1, 0.15) is 0 Å². The zero-order valence-corrected chi connectivity index (χ0v) is 6.00. The summed E-state index contributed by atoms with van der Waals surface area (Å²) in [6.45, 7) is 5.83. The molecule has 0 aliphatic carbocycles. The van der Waals surface area contributed by atoms with Crippen molar-refractivity contribution >= 4 is 0 Å². The van der Waals surface area contributed by atoms with Gasteiger partial charge in [0.2, 0.25) is 0 Å². The Bertz CT molecular complexity index is 141. The molecule has 0 saturated heterocycles. The Hall–Kier alpha value is -1.06. The van der Waals surface area contributed by atoms with E-state index in [0.717, 1.165) is 5.69 Å². The van der Waals surface area contributed by atoms with Crippen LogP contribution in [0.4, 0.5) is 0 Å². The molecule has 1 aromatic rings. The van der Waals surface area contributed by atoms with Gasteiger partial charge < -0.3 is 5.84 Å². The lowest BCUT2D eigenvalue weighted by Gasteiger charge is -1.76. The summed E-state index contributed by atoms with van der Waals surface area (Å²) in [5.74, 6) is 5.12. The summed E-state index contributed by atoms with van der Waals surface area (Å²) in [6.07, 6.45) is 1.64. The van der Waals surface area contributed by atoms with E-state index in [1.54, 1.807) is 6.20 Å². The maximum Gasteiger partial charge on any atom is 0.0818 e. The van der Waals surface area contributed by atoms with Crippen LogP contribution >= 0.6 is 0 Å². The Morgan fingerprint density at radius 3 is 2.22 bits per heavy atom. The molecule has 0 aliphatic rings. The molecule has 1 aromatic heterocycles. The number of hydrogen-bond donors (Lipinski definition) is 1. The molecule has 9 heavy (non-hydrogen) atoms. The zero-order chi connectivity index (χ0) is 7.28. The SMILES string of the molecule is CC.Cc1cn(N)nn1. The first-order valence-electron chi connectivity index (χ1n) is 2.93. The topological polar surface area (TPSA) is 56.7 Å². The molecule has 0 saturated carbocycles. The maximum atomic E-state index is 5.12. The third-order valence-corrected chi connectivity index (χ3v) is 0.625. The zero-order valence-electron chi connectivity index (χ0n) is 6.00. The second-order valence-corrected chi connectivity index (χ2v) is 1.34. The van der Waals surface area contributed by atoms with Crippen LogP contribution in [-0.4, -0.2) is 15.1 Å². The minimum atomic E-state index is 0.836. The molecular formula is C5H12N4. The summed E-state index contributed by atoms with van der Waals surface area (Å²) in [7, 11) is 0. The summed E-state index contributed by atoms with van der Waals surface area (Å²) >= 11 is 0. The number of aryl methyl sites for hydroxylation is 1. The van der Waals surface area contributed by atoms with Crippen molar-refractivity contribution in [2.75, 3.05) is 5.84 Å². The Kier molecular flexibility index (Phi) is 3.43. The quantitative estimate of drug-likeness (QED) is 0.512. The monoisotopic (exact) mass is 128 g/mol. The van der Waals surface area contributed by atoms with Crippen molar-refractivity contribution in [1.82, 2.24) is 15.1 Å². The largest absolute Gasteiger partial charge is 0.322 e. The number of rotatable bonds is 0. The normalized spacial score (nSPS) is 7.89. The molecule has 1 rings (SSSR count). The van der Waals surface area contributed by atoms with Gasteiger partial charge in [-0.15, -0.1) is 5.10 Å². The van der Waals surface area contributed by atoms with E-state index in [4.69, 9.17) is 5.84 Å². The van der Waals surface area contributed by atoms with Crippen LogP contribution in [0.25, 0.3) is 0 Å². The first-order valence-corrected chi connectivity index (χ1v) is 2.93. The van der Waals surface area contributed by atoms with E-state index in [1.165, 1.54) is 4.79 Å². The summed E-state index contributed by atoms with van der Waals surface area (Å²) < 4.78 is 0. The van der Waals surface area contributed by atoms with Crippen molar-refractivity contribution in [3.63, 3.8) is 0 Å². The second-order valence-electron chi connectivity index (χ2n) is 1.34. The van der Waals surface area contributed by atoms with Crippen LogP contribution in [0.3, 0.4) is 0 Å². The molecule has 1 heterocycles. The number of nitrogens with two attached hydrogens (primary N) is 1. The van der Waals surface area contributed by atoms with Gasteiger partial charge in [-0.05, 0) is 12.1 Å². The summed E-state index contributed by atoms with van der Waals surface area (Å²) in [5, 5.41) is 7.06. The molecule has 52 valence electrons. The molecule has 0 bridgehead atoms. The number of hydrogen-bond acceptors (Lipinski definition) is 3. The minimum absolute atomic E-state index is 0.836. The van der Waals surface area contributed by atoms with Crippen LogP contribution < -0.4 is 5.84 Å². The molecular weight excluding hydrogens is 116 g/mol. The Morgan fingerprint density at radius 2 is 2.11 bits per heavy atom. The molecule has 0 unspecified atom stereocenters. The molecule has 0 aromatic carbocycles. The van der Waals surface area contributed by atoms with Gasteiger partial charge in [-0.3, -0.25) is 0 Å². The standard InChI is InChI=1S/C3H6N4.C2H6/c1-3-2-7(4)6-5-3;1-2/h2H,4H2,1H3;1-2H3. The Labute approximate surface area is 54.6 Å². The molecule has 4 nitrogen and oxygen atoms in total. The highest BCUT2D eigenvalue weighted by Gasteiger charge is 1.84. The predicted octanol–water partition coefficient (Wildman–Crippen LogP) is 0.327. The lowest BCUT2D eigenvalue weighted by atomic mass is 10.6. The van der Waals surface area contributed by atoms with Crippen molar-refractivity contribution in [2.45, 2.75) is 20.8 Å². The first-order chi connectivity index (χ1) is 4.29. The molecule has 2 N–H and O–H groups in total. The van der Waals surface area contributed by atoms with Crippen LogP contribution in [0.15, 0.2) is 6.20 Å². The smallest absolute Gasteiger partial charge is 0.0818 e. The maximum absolute atomic E-state index is 5.12. The second kappa shape index (κ2) is 3.88. The van der Waals surface area contributed by atoms with Gasteiger partial charge in [0.15, 0.2) is 0 Å². The molecule has 4 heteroatoms. The van der Waals surface area contributed by atoms with Crippen molar-refractivity contribution in [3.8, 4) is 0 Å². The molecule has 0 fully saturated rings. The van der Waals surface area contributed by atoms with Gasteiger partial charge in [0, 0.05) is 0 Å². The van der Waals surface area contributed by atoms with Gasteiger partial charge in [-0.1, -0.05) is 13.8 Å². The number of nitrogens with zero attached hydrogens (tertiary/aromatic N) is 3. The summed E-state index contributed by atoms with van der Waals surface area (Å²) in [6, 6.07) is 0. The van der Waals surface area contributed by atoms with E-state index >= 15 is 0 Å². The van der Waals surface area contributed by atoms with Gasteiger partial charge in [-0.25, -0.2) is 0 Å². The van der Waals surface area contributed by atoms with E-state index in [0.29, 0.717) is 0 Å². The van der Waals surface area contributed by atoms with Crippen molar-refractivity contribution in [3.05, 3.63) is 11.9 Å².